The van der Waals surface area contributed by atoms with Crippen molar-refractivity contribution in [3.63, 3.8) is 0 Å². The lowest BCUT2D eigenvalue weighted by atomic mass is 10.2. The molecule has 4 heteroatoms. The number of rotatable bonds is 4. The molecular formula is C14H14ClN3. The number of pyridine rings is 1. The van der Waals surface area contributed by atoms with Crippen molar-refractivity contribution in [2.45, 2.75) is 19.4 Å². The number of nitrogens with zero attached hydrogens (tertiary/aromatic N) is 3. The fraction of sp³-hybridized carbons (Fsp3) is 0.286. The zero-order valence-corrected chi connectivity index (χ0v) is 10.8. The van der Waals surface area contributed by atoms with Crippen LogP contribution < -0.4 is 0 Å². The molecule has 18 heavy (non-hydrogen) atoms. The standard InChI is InChI=1S/C14H14ClN3/c15-7-3-4-8-18-10-17-13-9-16-12-6-2-1-5-11(12)14(13)18/h1-2,5-6,9-10H,3-4,7-8H2. The van der Waals surface area contributed by atoms with Crippen molar-refractivity contribution >= 4 is 33.5 Å². The quantitative estimate of drug-likeness (QED) is 0.529. The van der Waals surface area contributed by atoms with E-state index < -0.39 is 0 Å². The molecule has 2 aromatic heterocycles. The molecule has 0 radical (unpaired) electrons. The van der Waals surface area contributed by atoms with E-state index in [2.05, 4.69) is 20.6 Å². The smallest absolute Gasteiger partial charge is 0.107 e. The first kappa shape index (κ1) is 11.5. The maximum absolute atomic E-state index is 5.72. The van der Waals surface area contributed by atoms with Gasteiger partial charge >= 0.3 is 0 Å². The molecule has 0 N–H and O–H groups in total. The van der Waals surface area contributed by atoms with Crippen molar-refractivity contribution in [2.24, 2.45) is 0 Å². The predicted molar refractivity (Wildman–Crippen MR) is 75.0 cm³/mol. The van der Waals surface area contributed by atoms with Crippen LogP contribution >= 0.6 is 11.6 Å². The van der Waals surface area contributed by atoms with Crippen molar-refractivity contribution in [2.75, 3.05) is 5.88 Å². The van der Waals surface area contributed by atoms with E-state index >= 15 is 0 Å². The number of aromatic nitrogens is 3. The third kappa shape index (κ3) is 1.95. The SMILES string of the molecule is ClCCCCn1cnc2cnc3ccccc3c21. The largest absolute Gasteiger partial charge is 0.330 e. The summed E-state index contributed by atoms with van der Waals surface area (Å²) < 4.78 is 2.20. The molecule has 2 heterocycles. The average molecular weight is 260 g/mol. The highest BCUT2D eigenvalue weighted by Crippen LogP contribution is 2.22. The number of benzene rings is 1. The van der Waals surface area contributed by atoms with Crippen molar-refractivity contribution < 1.29 is 0 Å². The highest BCUT2D eigenvalue weighted by atomic mass is 35.5. The Balaban J connectivity index is 2.12. The maximum atomic E-state index is 5.72. The molecule has 3 rings (SSSR count). The van der Waals surface area contributed by atoms with Crippen LogP contribution in [0.4, 0.5) is 0 Å². The number of fused-ring (bicyclic) bond motifs is 3. The third-order valence-corrected chi connectivity index (χ3v) is 3.40. The average Bonchev–Trinajstić information content (AvgIpc) is 2.83. The minimum Gasteiger partial charge on any atom is -0.330 e. The number of hydrogen-bond acceptors (Lipinski definition) is 2. The molecule has 0 atom stereocenters. The molecule has 92 valence electrons. The molecule has 0 unspecified atom stereocenters. The van der Waals surface area contributed by atoms with Crippen molar-refractivity contribution in [3.05, 3.63) is 36.8 Å². The molecule has 3 aromatic rings. The molecule has 0 amide bonds. The zero-order chi connectivity index (χ0) is 12.4. The second-order valence-corrected chi connectivity index (χ2v) is 4.72. The summed E-state index contributed by atoms with van der Waals surface area (Å²) in [5, 5.41) is 1.17. The number of halogens is 1. The van der Waals surface area contributed by atoms with Crippen LogP contribution in [0.1, 0.15) is 12.8 Å². The molecule has 0 aliphatic carbocycles. The van der Waals surface area contributed by atoms with Gasteiger partial charge in [-0.15, -0.1) is 11.6 Å². The number of unbranched alkanes of at least 4 members (excludes halogenated alkanes) is 1. The zero-order valence-electron chi connectivity index (χ0n) is 10.0. The Kier molecular flexibility index (Phi) is 3.15. The van der Waals surface area contributed by atoms with E-state index in [1.807, 2.05) is 30.7 Å². The fourth-order valence-electron chi connectivity index (χ4n) is 2.25. The van der Waals surface area contributed by atoms with Crippen molar-refractivity contribution in [1.82, 2.24) is 14.5 Å². The van der Waals surface area contributed by atoms with Gasteiger partial charge in [0.25, 0.3) is 0 Å². The molecule has 0 aliphatic rings. The Hall–Kier alpha value is -1.61. The highest BCUT2D eigenvalue weighted by molar-refractivity contribution is 6.17. The first-order valence-electron chi connectivity index (χ1n) is 6.14. The second kappa shape index (κ2) is 4.94. The summed E-state index contributed by atoms with van der Waals surface area (Å²) in [6.45, 7) is 0.956. The molecule has 0 saturated heterocycles. The summed E-state index contributed by atoms with van der Waals surface area (Å²) >= 11 is 5.72. The topological polar surface area (TPSA) is 30.7 Å². The van der Waals surface area contributed by atoms with Crippen LogP contribution in [0.15, 0.2) is 36.8 Å². The van der Waals surface area contributed by atoms with Crippen LogP contribution in [0.25, 0.3) is 21.9 Å². The Morgan fingerprint density at radius 1 is 1.06 bits per heavy atom. The lowest BCUT2D eigenvalue weighted by Gasteiger charge is -2.05. The molecule has 0 saturated carbocycles. The van der Waals surface area contributed by atoms with E-state index in [9.17, 15) is 0 Å². The van der Waals surface area contributed by atoms with Gasteiger partial charge < -0.3 is 4.57 Å². The van der Waals surface area contributed by atoms with Gasteiger partial charge in [0.15, 0.2) is 0 Å². The highest BCUT2D eigenvalue weighted by Gasteiger charge is 2.07. The summed E-state index contributed by atoms with van der Waals surface area (Å²) in [5.41, 5.74) is 3.15. The first-order valence-corrected chi connectivity index (χ1v) is 6.68. The number of aryl methyl sites for hydroxylation is 1. The Bertz CT molecular complexity index is 675. The van der Waals surface area contributed by atoms with Crippen molar-refractivity contribution in [3.8, 4) is 0 Å². The minimum absolute atomic E-state index is 0.717. The monoisotopic (exact) mass is 259 g/mol. The molecule has 1 aromatic carbocycles. The Morgan fingerprint density at radius 3 is 2.83 bits per heavy atom. The Morgan fingerprint density at radius 2 is 1.94 bits per heavy atom. The third-order valence-electron chi connectivity index (χ3n) is 3.13. The van der Waals surface area contributed by atoms with Crippen LogP contribution in [-0.4, -0.2) is 20.4 Å². The second-order valence-electron chi connectivity index (χ2n) is 4.34. The van der Waals surface area contributed by atoms with Crippen molar-refractivity contribution in [1.29, 1.82) is 0 Å². The number of imidazole rings is 1. The van der Waals surface area contributed by atoms with Crippen LogP contribution in [-0.2, 0) is 6.54 Å². The van der Waals surface area contributed by atoms with Crippen LogP contribution in [0.2, 0.25) is 0 Å². The van der Waals surface area contributed by atoms with Gasteiger partial charge in [0.1, 0.15) is 5.52 Å². The number of alkyl halides is 1. The van der Waals surface area contributed by atoms with Gasteiger partial charge in [0.05, 0.1) is 23.6 Å². The summed E-state index contributed by atoms with van der Waals surface area (Å²) in [5.74, 6) is 0.717. The van der Waals surface area contributed by atoms with Crippen LogP contribution in [0, 0.1) is 0 Å². The molecule has 0 fully saturated rings. The van der Waals surface area contributed by atoms with Gasteiger partial charge in [0, 0.05) is 17.8 Å². The molecular weight excluding hydrogens is 246 g/mol. The molecule has 0 bridgehead atoms. The summed E-state index contributed by atoms with van der Waals surface area (Å²) in [6.07, 6.45) is 5.85. The van der Waals surface area contributed by atoms with E-state index in [1.165, 1.54) is 10.9 Å². The summed E-state index contributed by atoms with van der Waals surface area (Å²) in [4.78, 5) is 8.84. The molecule has 3 nitrogen and oxygen atoms in total. The van der Waals surface area contributed by atoms with Gasteiger partial charge in [-0.2, -0.15) is 0 Å². The number of para-hydroxylation sites is 1. The Labute approximate surface area is 110 Å². The van der Waals surface area contributed by atoms with E-state index in [1.54, 1.807) is 0 Å². The molecule has 0 aliphatic heterocycles. The number of hydrogen-bond donors (Lipinski definition) is 0. The van der Waals surface area contributed by atoms with Crippen LogP contribution in [0.5, 0.6) is 0 Å². The van der Waals surface area contributed by atoms with Gasteiger partial charge in [0.2, 0.25) is 0 Å². The predicted octanol–water partition coefficient (Wildman–Crippen LogP) is 3.60. The van der Waals surface area contributed by atoms with E-state index in [0.29, 0.717) is 0 Å². The van der Waals surface area contributed by atoms with Gasteiger partial charge in [-0.05, 0) is 18.9 Å². The van der Waals surface area contributed by atoms with E-state index in [0.717, 1.165) is 36.3 Å². The fourth-order valence-corrected chi connectivity index (χ4v) is 2.44. The summed E-state index contributed by atoms with van der Waals surface area (Å²) in [7, 11) is 0. The molecule has 0 spiro atoms. The van der Waals surface area contributed by atoms with Gasteiger partial charge in [-0.25, -0.2) is 4.98 Å². The first-order chi connectivity index (χ1) is 8.90. The minimum atomic E-state index is 0.717. The maximum Gasteiger partial charge on any atom is 0.107 e. The van der Waals surface area contributed by atoms with Crippen LogP contribution in [0.3, 0.4) is 0 Å². The van der Waals surface area contributed by atoms with Gasteiger partial charge in [-0.3, -0.25) is 4.98 Å². The lowest BCUT2D eigenvalue weighted by molar-refractivity contribution is 0.649. The summed E-state index contributed by atoms with van der Waals surface area (Å²) in [6, 6.07) is 8.18. The van der Waals surface area contributed by atoms with E-state index in [-0.39, 0.29) is 0 Å². The normalized spacial score (nSPS) is 11.4. The van der Waals surface area contributed by atoms with Gasteiger partial charge in [-0.1, -0.05) is 18.2 Å². The lowest BCUT2D eigenvalue weighted by Crippen LogP contribution is -1.97. The van der Waals surface area contributed by atoms with E-state index in [4.69, 9.17) is 11.6 Å².